The molecule has 0 saturated carbocycles. The SMILES string of the molecule is CN(C)NC(=O)CCCOc1cccc(F)c1. The summed E-state index contributed by atoms with van der Waals surface area (Å²) < 4.78 is 18.1. The zero-order chi connectivity index (χ0) is 12.7. The maximum Gasteiger partial charge on any atom is 0.234 e. The van der Waals surface area contributed by atoms with Crippen LogP contribution >= 0.6 is 0 Å². The quantitative estimate of drug-likeness (QED) is 0.606. The largest absolute Gasteiger partial charge is 0.493 e. The number of hydrogen-bond donors (Lipinski definition) is 1. The summed E-state index contributed by atoms with van der Waals surface area (Å²) in [5, 5.41) is 1.59. The molecule has 0 radical (unpaired) electrons. The molecule has 5 heteroatoms. The van der Waals surface area contributed by atoms with E-state index in [1.54, 1.807) is 31.2 Å². The van der Waals surface area contributed by atoms with Crippen molar-refractivity contribution in [3.8, 4) is 5.75 Å². The van der Waals surface area contributed by atoms with Gasteiger partial charge in [0.15, 0.2) is 0 Å². The van der Waals surface area contributed by atoms with E-state index in [4.69, 9.17) is 4.74 Å². The Bertz CT molecular complexity index is 369. The number of amides is 1. The van der Waals surface area contributed by atoms with Crippen molar-refractivity contribution >= 4 is 5.91 Å². The Kier molecular flexibility index (Phi) is 5.42. The highest BCUT2D eigenvalue weighted by atomic mass is 19.1. The molecule has 0 aliphatic carbocycles. The van der Waals surface area contributed by atoms with Gasteiger partial charge in [-0.3, -0.25) is 10.2 Å². The monoisotopic (exact) mass is 240 g/mol. The molecule has 0 saturated heterocycles. The Morgan fingerprint density at radius 2 is 2.24 bits per heavy atom. The van der Waals surface area contributed by atoms with Gasteiger partial charge in [-0.2, -0.15) is 0 Å². The van der Waals surface area contributed by atoms with E-state index < -0.39 is 0 Å². The molecule has 0 heterocycles. The van der Waals surface area contributed by atoms with Gasteiger partial charge in [0, 0.05) is 26.6 Å². The Balaban J connectivity index is 2.18. The Morgan fingerprint density at radius 1 is 1.47 bits per heavy atom. The van der Waals surface area contributed by atoms with Gasteiger partial charge in [0.1, 0.15) is 11.6 Å². The fourth-order valence-electron chi connectivity index (χ4n) is 1.28. The highest BCUT2D eigenvalue weighted by molar-refractivity contribution is 5.75. The van der Waals surface area contributed by atoms with Crippen LogP contribution in [-0.4, -0.2) is 31.6 Å². The van der Waals surface area contributed by atoms with Crippen LogP contribution in [0, 0.1) is 5.82 Å². The van der Waals surface area contributed by atoms with Crippen LogP contribution in [-0.2, 0) is 4.79 Å². The molecule has 0 bridgehead atoms. The second-order valence-corrected chi connectivity index (χ2v) is 3.84. The van der Waals surface area contributed by atoms with Gasteiger partial charge in [0.2, 0.25) is 5.91 Å². The maximum atomic E-state index is 12.8. The predicted molar refractivity (Wildman–Crippen MR) is 63.0 cm³/mol. The van der Waals surface area contributed by atoms with E-state index in [9.17, 15) is 9.18 Å². The summed E-state index contributed by atoms with van der Waals surface area (Å²) >= 11 is 0. The second kappa shape index (κ2) is 6.85. The van der Waals surface area contributed by atoms with Gasteiger partial charge in [-0.1, -0.05) is 6.07 Å². The fourth-order valence-corrected chi connectivity index (χ4v) is 1.28. The van der Waals surface area contributed by atoms with Gasteiger partial charge in [0.05, 0.1) is 6.61 Å². The van der Waals surface area contributed by atoms with Crippen molar-refractivity contribution < 1.29 is 13.9 Å². The summed E-state index contributed by atoms with van der Waals surface area (Å²) in [4.78, 5) is 11.3. The van der Waals surface area contributed by atoms with Gasteiger partial charge in [-0.05, 0) is 18.6 Å². The van der Waals surface area contributed by atoms with E-state index in [-0.39, 0.29) is 11.7 Å². The Morgan fingerprint density at radius 3 is 2.88 bits per heavy atom. The van der Waals surface area contributed by atoms with Crippen molar-refractivity contribution in [1.82, 2.24) is 10.4 Å². The third kappa shape index (κ3) is 5.87. The van der Waals surface area contributed by atoms with Gasteiger partial charge >= 0.3 is 0 Å². The summed E-state index contributed by atoms with van der Waals surface area (Å²) in [6, 6.07) is 5.95. The molecule has 0 aromatic heterocycles. The molecule has 0 atom stereocenters. The van der Waals surface area contributed by atoms with E-state index in [0.29, 0.717) is 25.2 Å². The molecule has 4 nitrogen and oxygen atoms in total. The van der Waals surface area contributed by atoms with E-state index in [1.165, 1.54) is 12.1 Å². The lowest BCUT2D eigenvalue weighted by Crippen LogP contribution is -2.36. The van der Waals surface area contributed by atoms with Crippen molar-refractivity contribution in [2.24, 2.45) is 0 Å². The third-order valence-corrected chi connectivity index (χ3v) is 1.96. The summed E-state index contributed by atoms with van der Waals surface area (Å²) in [6.45, 7) is 0.393. The van der Waals surface area contributed by atoms with Crippen molar-refractivity contribution in [2.75, 3.05) is 20.7 Å². The molecule has 1 N–H and O–H groups in total. The van der Waals surface area contributed by atoms with E-state index in [0.717, 1.165) is 0 Å². The minimum Gasteiger partial charge on any atom is -0.493 e. The lowest BCUT2D eigenvalue weighted by atomic mass is 10.3. The van der Waals surface area contributed by atoms with Gasteiger partial charge in [-0.15, -0.1) is 0 Å². The molecule has 1 rings (SSSR count). The molecule has 0 fully saturated rings. The predicted octanol–water partition coefficient (Wildman–Crippen LogP) is 1.58. The molecule has 0 unspecified atom stereocenters. The molecule has 0 aliphatic rings. The Labute approximate surface area is 100 Å². The number of benzene rings is 1. The molecule has 94 valence electrons. The van der Waals surface area contributed by atoms with Crippen molar-refractivity contribution in [1.29, 1.82) is 0 Å². The fraction of sp³-hybridized carbons (Fsp3) is 0.417. The molecule has 1 amide bonds. The number of carbonyl (C=O) groups excluding carboxylic acids is 1. The zero-order valence-electron chi connectivity index (χ0n) is 10.1. The minimum atomic E-state index is -0.326. The number of rotatable bonds is 6. The number of ether oxygens (including phenoxy) is 1. The van der Waals surface area contributed by atoms with E-state index in [1.807, 2.05) is 0 Å². The summed E-state index contributed by atoms with van der Waals surface area (Å²) in [5.41, 5.74) is 2.63. The van der Waals surface area contributed by atoms with Crippen LogP contribution < -0.4 is 10.2 Å². The molecule has 17 heavy (non-hydrogen) atoms. The average molecular weight is 240 g/mol. The van der Waals surface area contributed by atoms with E-state index >= 15 is 0 Å². The first kappa shape index (κ1) is 13.4. The van der Waals surface area contributed by atoms with Crippen molar-refractivity contribution in [3.05, 3.63) is 30.1 Å². The highest BCUT2D eigenvalue weighted by Gasteiger charge is 2.02. The second-order valence-electron chi connectivity index (χ2n) is 3.84. The third-order valence-electron chi connectivity index (χ3n) is 1.96. The van der Waals surface area contributed by atoms with Crippen LogP contribution in [0.4, 0.5) is 4.39 Å². The summed E-state index contributed by atoms with van der Waals surface area (Å²) in [7, 11) is 3.50. The minimum absolute atomic E-state index is 0.0576. The first-order valence-corrected chi connectivity index (χ1v) is 5.43. The number of nitrogens with one attached hydrogen (secondary N) is 1. The van der Waals surface area contributed by atoms with Crippen molar-refractivity contribution in [2.45, 2.75) is 12.8 Å². The molecule has 0 spiro atoms. The molecular formula is C12H17FN2O2. The van der Waals surface area contributed by atoms with Crippen LogP contribution in [0.15, 0.2) is 24.3 Å². The number of hydrazine groups is 1. The van der Waals surface area contributed by atoms with Crippen LogP contribution in [0.2, 0.25) is 0 Å². The summed E-state index contributed by atoms with van der Waals surface area (Å²) in [5.74, 6) is 0.101. The van der Waals surface area contributed by atoms with Crippen LogP contribution in [0.25, 0.3) is 0 Å². The Hall–Kier alpha value is -1.62. The average Bonchev–Trinajstić information content (AvgIpc) is 2.23. The normalized spacial score (nSPS) is 10.4. The maximum absolute atomic E-state index is 12.8. The molecular weight excluding hydrogens is 223 g/mol. The lowest BCUT2D eigenvalue weighted by Gasteiger charge is -2.11. The molecule has 1 aromatic carbocycles. The van der Waals surface area contributed by atoms with Crippen LogP contribution in [0.3, 0.4) is 0 Å². The zero-order valence-corrected chi connectivity index (χ0v) is 10.1. The van der Waals surface area contributed by atoms with Crippen LogP contribution in [0.5, 0.6) is 5.75 Å². The standard InChI is InChI=1S/C12H17FN2O2/c1-15(2)14-12(16)7-4-8-17-11-6-3-5-10(13)9-11/h3,5-6,9H,4,7-8H2,1-2H3,(H,14,16). The van der Waals surface area contributed by atoms with Gasteiger partial charge in [0.25, 0.3) is 0 Å². The number of halogens is 1. The van der Waals surface area contributed by atoms with E-state index in [2.05, 4.69) is 5.43 Å². The smallest absolute Gasteiger partial charge is 0.234 e. The number of hydrogen-bond acceptors (Lipinski definition) is 3. The van der Waals surface area contributed by atoms with Crippen LogP contribution in [0.1, 0.15) is 12.8 Å². The first-order valence-electron chi connectivity index (χ1n) is 5.43. The van der Waals surface area contributed by atoms with Gasteiger partial charge in [-0.25, -0.2) is 9.40 Å². The van der Waals surface area contributed by atoms with Crippen molar-refractivity contribution in [3.63, 3.8) is 0 Å². The summed E-state index contributed by atoms with van der Waals surface area (Å²) in [6.07, 6.45) is 0.976. The molecule has 0 aliphatic heterocycles. The highest BCUT2D eigenvalue weighted by Crippen LogP contribution is 2.12. The number of carbonyl (C=O) groups is 1. The van der Waals surface area contributed by atoms with Gasteiger partial charge < -0.3 is 4.74 Å². The molecule has 1 aromatic rings. The lowest BCUT2D eigenvalue weighted by molar-refractivity contribution is -0.125. The topological polar surface area (TPSA) is 41.6 Å². The number of nitrogens with zero attached hydrogens (tertiary/aromatic N) is 1. The first-order chi connectivity index (χ1) is 8.08.